The zero-order valence-corrected chi connectivity index (χ0v) is 19.7. The monoisotopic (exact) mass is 462 g/mol. The van der Waals surface area contributed by atoms with Crippen molar-refractivity contribution in [1.82, 2.24) is 15.2 Å². The summed E-state index contributed by atoms with van der Waals surface area (Å²) in [6, 6.07) is 7.00. The van der Waals surface area contributed by atoms with Crippen LogP contribution in [0.1, 0.15) is 80.7 Å². The minimum Gasteiger partial charge on any atom is -0.573 e. The summed E-state index contributed by atoms with van der Waals surface area (Å²) in [5.74, 6) is 0. The predicted octanol–water partition coefficient (Wildman–Crippen LogP) is 8.09. The molecule has 3 nitrogen and oxygen atoms in total. The van der Waals surface area contributed by atoms with Crippen LogP contribution in [0.3, 0.4) is 0 Å². The molecule has 174 valence electrons. The average Bonchev–Trinajstić information content (AvgIpc) is 3.42. The third-order valence-electron chi connectivity index (χ3n) is 5.56. The van der Waals surface area contributed by atoms with Gasteiger partial charge in [-0.1, -0.05) is 58.1 Å². The minimum atomic E-state index is -4.51. The van der Waals surface area contributed by atoms with Crippen LogP contribution in [0.15, 0.2) is 30.5 Å². The number of aryl methyl sites for hydroxylation is 2. The Hall–Kier alpha value is -2.15. The molecule has 0 fully saturated rings. The highest BCUT2D eigenvalue weighted by molar-refractivity contribution is 7.12. The van der Waals surface area contributed by atoms with Gasteiger partial charge in [-0.25, -0.2) is 0 Å². The number of unbranched alkanes of at least 4 members (excludes halogenated alkanes) is 6. The second kappa shape index (κ2) is 11.6. The van der Waals surface area contributed by atoms with Crippen molar-refractivity contribution >= 4 is 11.3 Å². The van der Waals surface area contributed by atoms with E-state index in [0.29, 0.717) is 5.69 Å². The summed E-state index contributed by atoms with van der Waals surface area (Å²) in [6.07, 6.45) is 8.96. The van der Waals surface area contributed by atoms with E-state index in [1.54, 1.807) is 6.20 Å². The zero-order chi connectivity index (χ0) is 23.0. The van der Waals surface area contributed by atoms with Crippen LogP contribution in [-0.2, 0) is 19.0 Å². The van der Waals surface area contributed by atoms with Gasteiger partial charge in [0.25, 0.3) is 0 Å². The van der Waals surface area contributed by atoms with Gasteiger partial charge in [-0.2, -0.15) is 13.2 Å². The van der Waals surface area contributed by atoms with E-state index in [-0.39, 0.29) is 5.69 Å². The molecular formula is C25H31F3N3S-. The van der Waals surface area contributed by atoms with Gasteiger partial charge in [-0.05, 0) is 61.1 Å². The number of alkyl halides is 3. The van der Waals surface area contributed by atoms with Crippen LogP contribution < -0.4 is 5.10 Å². The van der Waals surface area contributed by atoms with Gasteiger partial charge in [0.15, 0.2) is 0 Å². The van der Waals surface area contributed by atoms with Crippen molar-refractivity contribution in [3.05, 3.63) is 45.9 Å². The first-order chi connectivity index (χ1) is 15.4. The van der Waals surface area contributed by atoms with Crippen LogP contribution in [-0.4, -0.2) is 10.1 Å². The van der Waals surface area contributed by atoms with Crippen molar-refractivity contribution in [2.75, 3.05) is 0 Å². The Bertz CT molecular complexity index is 975. The third kappa shape index (κ3) is 6.67. The second-order valence-electron chi connectivity index (χ2n) is 8.21. The van der Waals surface area contributed by atoms with Gasteiger partial charge in [0.05, 0.1) is 0 Å². The Kier molecular flexibility index (Phi) is 8.91. The summed E-state index contributed by atoms with van der Waals surface area (Å²) in [7, 11) is 0. The highest BCUT2D eigenvalue weighted by Crippen LogP contribution is 2.36. The minimum absolute atomic E-state index is 0.152. The molecule has 0 atom stereocenters. The standard InChI is InChI=1S/C25H31F3N3S/c1-3-5-7-9-11-19-16-20(23(32-19)12-10-8-6-4-2)18-13-14-29-21(15-18)22-17-24(31-30-22)25(26,27)28/h13-17H,3-12H2,1-2H3/q-1. The Morgan fingerprint density at radius 1 is 0.906 bits per heavy atom. The first kappa shape index (κ1) is 24.5. The van der Waals surface area contributed by atoms with Gasteiger partial charge in [0, 0.05) is 21.6 Å². The first-order valence-electron chi connectivity index (χ1n) is 11.6. The van der Waals surface area contributed by atoms with E-state index in [1.165, 1.54) is 60.3 Å². The third-order valence-corrected chi connectivity index (χ3v) is 6.81. The first-order valence-corrected chi connectivity index (χ1v) is 12.4. The number of rotatable bonds is 12. The van der Waals surface area contributed by atoms with Crippen LogP contribution in [0, 0.1) is 0 Å². The molecule has 0 aliphatic heterocycles. The van der Waals surface area contributed by atoms with Crippen molar-refractivity contribution in [2.45, 2.75) is 84.2 Å². The lowest BCUT2D eigenvalue weighted by atomic mass is 10.0. The topological polar surface area (TPSA) is 39.9 Å². The number of thiophene rings is 1. The van der Waals surface area contributed by atoms with E-state index < -0.39 is 11.9 Å². The number of nitrogens with zero attached hydrogens (tertiary/aromatic N) is 3. The molecule has 0 bridgehead atoms. The number of hydrogen-bond acceptors (Lipinski definition) is 3. The van der Waals surface area contributed by atoms with Gasteiger partial charge >= 0.3 is 6.18 Å². The van der Waals surface area contributed by atoms with Crippen molar-refractivity contribution < 1.29 is 13.2 Å². The number of aromatic nitrogens is 3. The molecule has 3 heterocycles. The molecule has 32 heavy (non-hydrogen) atoms. The summed E-state index contributed by atoms with van der Waals surface area (Å²) < 4.78 is 38.8. The number of pyridine rings is 1. The largest absolute Gasteiger partial charge is 0.573 e. The quantitative estimate of drug-likeness (QED) is 0.255. The molecular weight excluding hydrogens is 431 g/mol. The van der Waals surface area contributed by atoms with Crippen LogP contribution >= 0.6 is 11.3 Å². The summed E-state index contributed by atoms with van der Waals surface area (Å²) in [5, 5.41) is 7.00. The lowest BCUT2D eigenvalue weighted by Gasteiger charge is -2.08. The maximum absolute atomic E-state index is 12.9. The van der Waals surface area contributed by atoms with Crippen LogP contribution in [0.4, 0.5) is 13.2 Å². The van der Waals surface area contributed by atoms with E-state index in [0.717, 1.165) is 30.9 Å². The normalized spacial score (nSPS) is 11.9. The van der Waals surface area contributed by atoms with Crippen molar-refractivity contribution in [2.24, 2.45) is 0 Å². The molecule has 0 aliphatic carbocycles. The lowest BCUT2D eigenvalue weighted by Crippen LogP contribution is -2.04. The van der Waals surface area contributed by atoms with Crippen molar-refractivity contribution in [1.29, 1.82) is 0 Å². The molecule has 3 aromatic heterocycles. The van der Waals surface area contributed by atoms with Crippen LogP contribution in [0.5, 0.6) is 0 Å². The van der Waals surface area contributed by atoms with Gasteiger partial charge in [-0.15, -0.1) is 11.3 Å². The van der Waals surface area contributed by atoms with Gasteiger partial charge in [-0.3, -0.25) is 4.98 Å². The van der Waals surface area contributed by atoms with Gasteiger partial charge in [0.1, 0.15) is 5.69 Å². The second-order valence-corrected chi connectivity index (χ2v) is 9.43. The van der Waals surface area contributed by atoms with Crippen LogP contribution in [0.2, 0.25) is 0 Å². The van der Waals surface area contributed by atoms with E-state index >= 15 is 0 Å². The van der Waals surface area contributed by atoms with E-state index in [1.807, 2.05) is 23.5 Å². The summed E-state index contributed by atoms with van der Waals surface area (Å²) in [6.45, 7) is 4.42. The molecule has 0 unspecified atom stereocenters. The maximum atomic E-state index is 12.9. The molecule has 0 saturated carbocycles. The molecule has 3 rings (SSSR count). The molecule has 0 N–H and O–H groups in total. The van der Waals surface area contributed by atoms with E-state index in [4.69, 9.17) is 0 Å². The highest BCUT2D eigenvalue weighted by Gasteiger charge is 2.31. The summed E-state index contributed by atoms with van der Waals surface area (Å²) in [5.41, 5.74) is 1.74. The molecule has 0 aromatic carbocycles. The van der Waals surface area contributed by atoms with Gasteiger partial charge in [0.2, 0.25) is 0 Å². The average molecular weight is 463 g/mol. The molecule has 0 saturated heterocycles. The summed E-state index contributed by atoms with van der Waals surface area (Å²) in [4.78, 5) is 6.99. The maximum Gasteiger partial charge on any atom is 0.431 e. The predicted molar refractivity (Wildman–Crippen MR) is 125 cm³/mol. The molecule has 0 radical (unpaired) electrons. The van der Waals surface area contributed by atoms with Gasteiger partial charge < -0.3 is 10.2 Å². The Labute approximate surface area is 192 Å². The number of halogens is 3. The highest BCUT2D eigenvalue weighted by atomic mass is 32.1. The fraction of sp³-hybridized carbons (Fsp3) is 0.520. The molecule has 0 amide bonds. The smallest absolute Gasteiger partial charge is 0.431 e. The van der Waals surface area contributed by atoms with Crippen molar-refractivity contribution in [3.8, 4) is 22.5 Å². The Morgan fingerprint density at radius 3 is 2.28 bits per heavy atom. The fourth-order valence-corrected chi connectivity index (χ4v) is 5.05. The Morgan fingerprint density at radius 2 is 1.62 bits per heavy atom. The summed E-state index contributed by atoms with van der Waals surface area (Å²) >= 11 is 1.88. The van der Waals surface area contributed by atoms with Crippen LogP contribution in [0.25, 0.3) is 22.5 Å². The Balaban J connectivity index is 1.85. The van der Waals surface area contributed by atoms with E-state index in [9.17, 15) is 13.2 Å². The SMILES string of the molecule is CCCCCCc1cc(-c2ccnc(-c3cc(C(F)(F)F)n[n-]3)c2)c(CCCCCC)s1. The zero-order valence-electron chi connectivity index (χ0n) is 18.8. The van der Waals surface area contributed by atoms with E-state index in [2.05, 4.69) is 35.1 Å². The molecule has 0 spiro atoms. The fourth-order valence-electron chi connectivity index (χ4n) is 3.77. The number of hydrogen-bond donors (Lipinski definition) is 0. The van der Waals surface area contributed by atoms with Crippen molar-refractivity contribution in [3.63, 3.8) is 0 Å². The molecule has 0 aliphatic rings. The molecule has 7 heteroatoms. The lowest BCUT2D eigenvalue weighted by molar-refractivity contribution is -0.141. The molecule has 3 aromatic rings.